The lowest BCUT2D eigenvalue weighted by atomic mass is 10.2. The van der Waals surface area contributed by atoms with Gasteiger partial charge in [0.1, 0.15) is 0 Å². The predicted octanol–water partition coefficient (Wildman–Crippen LogP) is 0.426. The Bertz CT molecular complexity index is 478. The van der Waals surface area contributed by atoms with E-state index in [2.05, 4.69) is 5.32 Å². The summed E-state index contributed by atoms with van der Waals surface area (Å²) >= 11 is 0. The van der Waals surface area contributed by atoms with Crippen molar-refractivity contribution in [3.8, 4) is 0 Å². The summed E-state index contributed by atoms with van der Waals surface area (Å²) in [5.74, 6) is 0.00584. The molecule has 108 valence electrons. The van der Waals surface area contributed by atoms with Crippen LogP contribution >= 0.6 is 0 Å². The Labute approximate surface area is 118 Å². The molecule has 1 aliphatic rings. The molecule has 20 heavy (non-hydrogen) atoms. The molecule has 1 heterocycles. The van der Waals surface area contributed by atoms with Gasteiger partial charge in [0.15, 0.2) is 0 Å². The summed E-state index contributed by atoms with van der Waals surface area (Å²) in [6, 6.07) is 8.93. The van der Waals surface area contributed by atoms with E-state index in [1.807, 2.05) is 30.3 Å². The van der Waals surface area contributed by atoms with Crippen LogP contribution in [0.4, 0.5) is 10.5 Å². The van der Waals surface area contributed by atoms with Crippen LogP contribution in [0.1, 0.15) is 6.42 Å². The molecular weight excluding hydrogens is 258 g/mol. The lowest BCUT2D eigenvalue weighted by molar-refractivity contribution is -0.117. The summed E-state index contributed by atoms with van der Waals surface area (Å²) in [5.41, 5.74) is 0.845. The zero-order valence-corrected chi connectivity index (χ0v) is 11.5. The minimum absolute atomic E-state index is 0.00584. The third kappa shape index (κ3) is 3.27. The molecule has 1 aromatic rings. The van der Waals surface area contributed by atoms with E-state index in [1.165, 1.54) is 4.90 Å². The molecule has 1 saturated heterocycles. The quantitative estimate of drug-likeness (QED) is 0.838. The number of aliphatic hydroxyl groups is 1. The highest BCUT2D eigenvalue weighted by atomic mass is 16.3. The number of likely N-dealkylation sites (N-methyl/N-ethyl adjacent to an activating group) is 1. The lowest BCUT2D eigenvalue weighted by Crippen LogP contribution is -2.45. The molecule has 6 nitrogen and oxygen atoms in total. The summed E-state index contributed by atoms with van der Waals surface area (Å²) in [5, 5.41) is 11.6. The highest BCUT2D eigenvalue weighted by Crippen LogP contribution is 2.20. The predicted molar refractivity (Wildman–Crippen MR) is 75.4 cm³/mol. The molecular formula is C14H19N3O3. The van der Waals surface area contributed by atoms with Crippen LogP contribution in [-0.2, 0) is 4.79 Å². The van der Waals surface area contributed by atoms with E-state index >= 15 is 0 Å². The van der Waals surface area contributed by atoms with E-state index in [0.29, 0.717) is 13.0 Å². The fraction of sp³-hybridized carbons (Fsp3) is 0.429. The van der Waals surface area contributed by atoms with Gasteiger partial charge in [-0.05, 0) is 12.1 Å². The van der Waals surface area contributed by atoms with Crippen LogP contribution in [0.3, 0.4) is 0 Å². The average Bonchev–Trinajstić information content (AvgIpc) is 2.80. The molecule has 3 amide bonds. The fourth-order valence-corrected chi connectivity index (χ4v) is 2.20. The largest absolute Gasteiger partial charge is 0.395 e. The van der Waals surface area contributed by atoms with Gasteiger partial charge in [0.05, 0.1) is 12.6 Å². The van der Waals surface area contributed by atoms with Crippen LogP contribution in [-0.4, -0.2) is 54.7 Å². The number of para-hydroxylation sites is 1. The Kier molecular flexibility index (Phi) is 4.57. The fourth-order valence-electron chi connectivity index (χ4n) is 2.20. The van der Waals surface area contributed by atoms with Crippen LogP contribution in [0.15, 0.2) is 30.3 Å². The molecule has 1 aliphatic heterocycles. The average molecular weight is 277 g/mol. The minimum atomic E-state index is -0.272. The Morgan fingerprint density at radius 2 is 2.15 bits per heavy atom. The van der Waals surface area contributed by atoms with E-state index in [1.54, 1.807) is 11.9 Å². The Morgan fingerprint density at radius 3 is 2.80 bits per heavy atom. The molecule has 2 rings (SSSR count). The van der Waals surface area contributed by atoms with Crippen molar-refractivity contribution in [3.05, 3.63) is 30.3 Å². The molecule has 1 unspecified atom stereocenters. The number of benzene rings is 1. The number of hydrogen-bond acceptors (Lipinski definition) is 3. The first-order valence-corrected chi connectivity index (χ1v) is 6.59. The number of nitrogens with zero attached hydrogens (tertiary/aromatic N) is 2. The van der Waals surface area contributed by atoms with Gasteiger partial charge in [0.2, 0.25) is 5.91 Å². The van der Waals surface area contributed by atoms with E-state index in [0.717, 1.165) is 5.69 Å². The second-order valence-electron chi connectivity index (χ2n) is 4.84. The maximum absolute atomic E-state index is 12.0. The van der Waals surface area contributed by atoms with Crippen molar-refractivity contribution >= 4 is 17.6 Å². The molecule has 6 heteroatoms. The van der Waals surface area contributed by atoms with E-state index in [9.17, 15) is 9.59 Å². The summed E-state index contributed by atoms with van der Waals surface area (Å²) < 4.78 is 0. The van der Waals surface area contributed by atoms with Gasteiger partial charge in [-0.2, -0.15) is 0 Å². The van der Waals surface area contributed by atoms with Crippen molar-refractivity contribution in [1.29, 1.82) is 0 Å². The number of amides is 3. The standard InChI is InChI=1S/C14H19N3O3/c1-16(7-8-18)14(20)15-11-9-13(19)17(10-11)12-5-3-2-4-6-12/h2-6,11,18H,7-10H2,1H3,(H,15,20). The Balaban J connectivity index is 1.94. The van der Waals surface area contributed by atoms with Crippen molar-refractivity contribution in [2.45, 2.75) is 12.5 Å². The van der Waals surface area contributed by atoms with Crippen molar-refractivity contribution in [1.82, 2.24) is 10.2 Å². The van der Waals surface area contributed by atoms with Crippen molar-refractivity contribution in [3.63, 3.8) is 0 Å². The van der Waals surface area contributed by atoms with Crippen molar-refractivity contribution < 1.29 is 14.7 Å². The number of rotatable bonds is 4. The zero-order chi connectivity index (χ0) is 14.5. The first-order chi connectivity index (χ1) is 9.61. The molecule has 1 fully saturated rings. The van der Waals surface area contributed by atoms with Crippen LogP contribution in [0, 0.1) is 0 Å². The molecule has 0 aromatic heterocycles. The highest BCUT2D eigenvalue weighted by molar-refractivity contribution is 5.96. The third-order valence-corrected chi connectivity index (χ3v) is 3.30. The van der Waals surface area contributed by atoms with E-state index in [-0.39, 0.29) is 31.1 Å². The van der Waals surface area contributed by atoms with Crippen LogP contribution in [0.5, 0.6) is 0 Å². The second kappa shape index (κ2) is 6.38. The summed E-state index contributed by atoms with van der Waals surface area (Å²) in [7, 11) is 1.61. The summed E-state index contributed by atoms with van der Waals surface area (Å²) in [4.78, 5) is 26.9. The number of carbonyl (C=O) groups excluding carboxylic acids is 2. The molecule has 1 aromatic carbocycles. The van der Waals surface area contributed by atoms with Crippen molar-refractivity contribution in [2.24, 2.45) is 0 Å². The van der Waals surface area contributed by atoms with Gasteiger partial charge in [0.25, 0.3) is 0 Å². The number of nitrogens with one attached hydrogen (secondary N) is 1. The first kappa shape index (κ1) is 14.3. The number of carbonyl (C=O) groups is 2. The number of anilines is 1. The zero-order valence-electron chi connectivity index (χ0n) is 11.5. The van der Waals surface area contributed by atoms with Crippen LogP contribution in [0.2, 0.25) is 0 Å². The SMILES string of the molecule is CN(CCO)C(=O)NC1CC(=O)N(c2ccccc2)C1. The van der Waals surface area contributed by atoms with Gasteiger partial charge in [-0.1, -0.05) is 18.2 Å². The maximum Gasteiger partial charge on any atom is 0.317 e. The van der Waals surface area contributed by atoms with Gasteiger partial charge in [-0.25, -0.2) is 4.79 Å². The van der Waals surface area contributed by atoms with Gasteiger partial charge >= 0.3 is 6.03 Å². The maximum atomic E-state index is 12.0. The molecule has 0 saturated carbocycles. The van der Waals surface area contributed by atoms with Gasteiger partial charge in [-0.3, -0.25) is 4.79 Å². The minimum Gasteiger partial charge on any atom is -0.395 e. The highest BCUT2D eigenvalue weighted by Gasteiger charge is 2.31. The monoisotopic (exact) mass is 277 g/mol. The summed E-state index contributed by atoms with van der Waals surface area (Å²) in [6.45, 7) is 0.667. The summed E-state index contributed by atoms with van der Waals surface area (Å²) in [6.07, 6.45) is 0.299. The number of aliphatic hydroxyl groups excluding tert-OH is 1. The molecule has 0 spiro atoms. The number of urea groups is 1. The Hall–Kier alpha value is -2.08. The Morgan fingerprint density at radius 1 is 1.45 bits per heavy atom. The lowest BCUT2D eigenvalue weighted by Gasteiger charge is -2.20. The topological polar surface area (TPSA) is 72.9 Å². The number of hydrogen-bond donors (Lipinski definition) is 2. The van der Waals surface area contributed by atoms with E-state index < -0.39 is 0 Å². The second-order valence-corrected chi connectivity index (χ2v) is 4.84. The molecule has 0 bridgehead atoms. The van der Waals surface area contributed by atoms with Crippen LogP contribution in [0.25, 0.3) is 0 Å². The van der Waals surface area contributed by atoms with Gasteiger partial charge in [-0.15, -0.1) is 0 Å². The van der Waals surface area contributed by atoms with Crippen molar-refractivity contribution in [2.75, 3.05) is 31.6 Å². The van der Waals surface area contributed by atoms with Gasteiger partial charge < -0.3 is 20.2 Å². The first-order valence-electron chi connectivity index (χ1n) is 6.59. The molecule has 0 aliphatic carbocycles. The normalized spacial score (nSPS) is 18.2. The molecule has 2 N–H and O–H groups in total. The third-order valence-electron chi connectivity index (χ3n) is 3.30. The smallest absolute Gasteiger partial charge is 0.317 e. The van der Waals surface area contributed by atoms with Gasteiger partial charge in [0, 0.05) is 32.2 Å². The van der Waals surface area contributed by atoms with Crippen LogP contribution < -0.4 is 10.2 Å². The van der Waals surface area contributed by atoms with E-state index in [4.69, 9.17) is 5.11 Å². The molecule has 1 atom stereocenters. The molecule has 0 radical (unpaired) electrons.